The molecule has 3 heterocycles. The van der Waals surface area contributed by atoms with E-state index in [9.17, 15) is 13.2 Å². The Hall–Kier alpha value is -1.98. The summed E-state index contributed by atoms with van der Waals surface area (Å²) >= 11 is 12.0. The van der Waals surface area contributed by atoms with Crippen LogP contribution in [0.2, 0.25) is 10.0 Å². The average molecular weight is 486 g/mol. The quantitative estimate of drug-likeness (QED) is 0.683. The molecule has 0 unspecified atom stereocenters. The maximum absolute atomic E-state index is 12.7. The van der Waals surface area contributed by atoms with Crippen molar-refractivity contribution in [2.75, 3.05) is 44.3 Å². The first-order valence-electron chi connectivity index (χ1n) is 9.74. The van der Waals surface area contributed by atoms with Gasteiger partial charge < -0.3 is 14.5 Å². The maximum atomic E-state index is 12.7. The molecule has 31 heavy (non-hydrogen) atoms. The Bertz CT molecular complexity index is 1070. The van der Waals surface area contributed by atoms with Crippen molar-refractivity contribution in [3.63, 3.8) is 0 Å². The normalized spacial score (nSPS) is 16.8. The van der Waals surface area contributed by atoms with Gasteiger partial charge >= 0.3 is 0 Å². The Morgan fingerprint density at radius 3 is 2.58 bits per heavy atom. The lowest BCUT2D eigenvalue weighted by molar-refractivity contribution is -0.130. The number of morpholine rings is 1. The molecule has 2 aromatic rings. The van der Waals surface area contributed by atoms with Crippen LogP contribution in [0.3, 0.4) is 0 Å². The van der Waals surface area contributed by atoms with Crippen molar-refractivity contribution in [1.29, 1.82) is 0 Å². The summed E-state index contributed by atoms with van der Waals surface area (Å²) in [4.78, 5) is 25.2. The zero-order valence-electron chi connectivity index (χ0n) is 16.6. The number of hydrogen-bond donors (Lipinski definition) is 1. The number of amides is 1. The van der Waals surface area contributed by atoms with Crippen LogP contribution in [0.1, 0.15) is 11.3 Å². The van der Waals surface area contributed by atoms with E-state index in [-0.39, 0.29) is 20.8 Å². The van der Waals surface area contributed by atoms with Crippen LogP contribution in [0.4, 0.5) is 5.95 Å². The number of nitrogens with zero attached hydrogens (tertiary/aromatic N) is 4. The van der Waals surface area contributed by atoms with Gasteiger partial charge in [-0.15, -0.1) is 0 Å². The number of benzene rings is 1. The first-order chi connectivity index (χ1) is 14.8. The van der Waals surface area contributed by atoms with Gasteiger partial charge in [-0.2, -0.15) is 0 Å². The molecule has 0 radical (unpaired) electrons. The van der Waals surface area contributed by atoms with Gasteiger partial charge in [0.25, 0.3) is 0 Å². The molecule has 2 aliphatic rings. The number of rotatable bonds is 5. The highest BCUT2D eigenvalue weighted by Crippen LogP contribution is 2.28. The molecule has 1 N–H and O–H groups in total. The lowest BCUT2D eigenvalue weighted by Crippen LogP contribution is -2.43. The van der Waals surface area contributed by atoms with Crippen molar-refractivity contribution in [3.8, 4) is 0 Å². The number of carbonyl (C=O) groups is 1. The molecule has 0 saturated carbocycles. The van der Waals surface area contributed by atoms with E-state index < -0.39 is 16.6 Å². The minimum absolute atomic E-state index is 0.00769. The van der Waals surface area contributed by atoms with Crippen LogP contribution in [-0.2, 0) is 32.5 Å². The fraction of sp³-hybridized carbons (Fsp3) is 0.421. The number of fused-ring (bicyclic) bond motifs is 1. The smallest absolute Gasteiger partial charge is 0.244 e. The van der Waals surface area contributed by atoms with Gasteiger partial charge in [-0.25, -0.2) is 23.1 Å². The van der Waals surface area contributed by atoms with Crippen molar-refractivity contribution in [3.05, 3.63) is 45.7 Å². The third-order valence-electron chi connectivity index (χ3n) is 5.18. The number of sulfonamides is 1. The number of aromatic nitrogens is 2. The minimum atomic E-state index is -4.04. The minimum Gasteiger partial charge on any atom is -0.378 e. The summed E-state index contributed by atoms with van der Waals surface area (Å²) in [6.07, 6.45) is 2.41. The van der Waals surface area contributed by atoms with Gasteiger partial charge in [0.1, 0.15) is 4.90 Å². The topological polar surface area (TPSA) is 105 Å². The second kappa shape index (κ2) is 9.25. The Morgan fingerprint density at radius 2 is 1.87 bits per heavy atom. The van der Waals surface area contributed by atoms with Crippen molar-refractivity contribution in [2.24, 2.45) is 0 Å². The standard InChI is InChI=1S/C19H21Cl2N5O4S/c20-14-2-1-3-15(21)18(14)31(28,29)23-11-17(27)26-5-4-13-10-22-19(24-16(13)12-26)25-6-8-30-9-7-25/h1-3,10,23H,4-9,11-12H2. The predicted molar refractivity (Wildman–Crippen MR) is 116 cm³/mol. The number of nitrogens with one attached hydrogen (secondary N) is 1. The predicted octanol–water partition coefficient (Wildman–Crippen LogP) is 1.48. The molecule has 0 spiro atoms. The lowest BCUT2D eigenvalue weighted by atomic mass is 10.1. The molecule has 1 fully saturated rings. The lowest BCUT2D eigenvalue weighted by Gasteiger charge is -2.30. The van der Waals surface area contributed by atoms with Crippen molar-refractivity contribution in [2.45, 2.75) is 17.9 Å². The van der Waals surface area contributed by atoms with E-state index in [2.05, 4.69) is 14.7 Å². The third kappa shape index (κ3) is 4.93. The molecule has 166 valence electrons. The highest BCUT2D eigenvalue weighted by atomic mass is 35.5. The molecule has 0 bridgehead atoms. The number of ether oxygens (including phenoxy) is 1. The van der Waals surface area contributed by atoms with Crippen LogP contribution in [0.25, 0.3) is 0 Å². The fourth-order valence-corrected chi connectivity index (χ4v) is 5.62. The number of hydrogen-bond acceptors (Lipinski definition) is 7. The first-order valence-corrected chi connectivity index (χ1v) is 12.0. The van der Waals surface area contributed by atoms with Crippen molar-refractivity contribution < 1.29 is 17.9 Å². The summed E-state index contributed by atoms with van der Waals surface area (Å²) in [7, 11) is -4.04. The summed E-state index contributed by atoms with van der Waals surface area (Å²) in [5, 5.41) is -0.0154. The molecular formula is C19H21Cl2N5O4S. The van der Waals surface area contributed by atoms with Crippen molar-refractivity contribution in [1.82, 2.24) is 19.6 Å². The Balaban J connectivity index is 1.43. The molecule has 0 aliphatic carbocycles. The number of halogens is 2. The van der Waals surface area contributed by atoms with Gasteiger partial charge in [-0.05, 0) is 24.1 Å². The Kier molecular flexibility index (Phi) is 6.63. The molecular weight excluding hydrogens is 465 g/mol. The maximum Gasteiger partial charge on any atom is 0.244 e. The summed E-state index contributed by atoms with van der Waals surface area (Å²) in [6, 6.07) is 4.40. The average Bonchev–Trinajstić information content (AvgIpc) is 2.77. The summed E-state index contributed by atoms with van der Waals surface area (Å²) < 4.78 is 32.8. The van der Waals surface area contributed by atoms with Crippen LogP contribution in [-0.4, -0.2) is 68.6 Å². The highest BCUT2D eigenvalue weighted by molar-refractivity contribution is 7.89. The summed E-state index contributed by atoms with van der Waals surface area (Å²) in [5.74, 6) is 0.259. The molecule has 1 amide bonds. The van der Waals surface area contributed by atoms with Crippen molar-refractivity contribution >= 4 is 45.1 Å². The monoisotopic (exact) mass is 485 g/mol. The number of anilines is 1. The van der Waals surface area contributed by atoms with Gasteiger partial charge in [0.2, 0.25) is 21.9 Å². The fourth-order valence-electron chi connectivity index (χ4n) is 3.50. The Morgan fingerprint density at radius 1 is 1.16 bits per heavy atom. The van der Waals surface area contributed by atoms with E-state index in [0.717, 1.165) is 11.3 Å². The van der Waals surface area contributed by atoms with Crippen LogP contribution in [0.15, 0.2) is 29.3 Å². The molecule has 4 rings (SSSR count). The molecule has 1 saturated heterocycles. The third-order valence-corrected chi connectivity index (χ3v) is 7.54. The number of carbonyl (C=O) groups excluding carboxylic acids is 1. The summed E-state index contributed by atoms with van der Waals surface area (Å²) in [6.45, 7) is 3.03. The SMILES string of the molecule is O=C(CNS(=O)(=O)c1c(Cl)cccc1Cl)N1CCc2cnc(N3CCOCC3)nc2C1. The first kappa shape index (κ1) is 22.2. The second-order valence-electron chi connectivity index (χ2n) is 7.18. The molecule has 1 aromatic heterocycles. The molecule has 12 heteroatoms. The van der Waals surface area contributed by atoms with Crippen LogP contribution >= 0.6 is 23.2 Å². The van der Waals surface area contributed by atoms with E-state index in [1.807, 2.05) is 4.90 Å². The van der Waals surface area contributed by atoms with E-state index >= 15 is 0 Å². The zero-order valence-corrected chi connectivity index (χ0v) is 18.9. The van der Waals surface area contributed by atoms with Gasteiger partial charge in [0.15, 0.2) is 0 Å². The van der Waals surface area contributed by atoms with Gasteiger partial charge in [0.05, 0.1) is 42.0 Å². The molecule has 9 nitrogen and oxygen atoms in total. The largest absolute Gasteiger partial charge is 0.378 e. The zero-order chi connectivity index (χ0) is 22.0. The van der Waals surface area contributed by atoms with E-state index in [4.69, 9.17) is 27.9 Å². The Labute approximate surface area is 190 Å². The van der Waals surface area contributed by atoms with Gasteiger partial charge in [-0.1, -0.05) is 29.3 Å². The van der Waals surface area contributed by atoms with Crippen LogP contribution in [0, 0.1) is 0 Å². The van der Waals surface area contributed by atoms with Gasteiger partial charge in [0, 0.05) is 25.8 Å². The van der Waals surface area contributed by atoms with E-state index in [0.29, 0.717) is 51.8 Å². The second-order valence-corrected chi connectivity index (χ2v) is 9.70. The molecule has 0 atom stereocenters. The van der Waals surface area contributed by atoms with E-state index in [1.165, 1.54) is 12.1 Å². The highest BCUT2D eigenvalue weighted by Gasteiger charge is 2.27. The summed E-state index contributed by atoms with van der Waals surface area (Å²) in [5.41, 5.74) is 1.76. The van der Waals surface area contributed by atoms with Crippen LogP contribution < -0.4 is 9.62 Å². The van der Waals surface area contributed by atoms with Crippen LogP contribution in [0.5, 0.6) is 0 Å². The van der Waals surface area contributed by atoms with Gasteiger partial charge in [-0.3, -0.25) is 4.79 Å². The van der Waals surface area contributed by atoms with E-state index in [1.54, 1.807) is 17.2 Å². The molecule has 2 aliphatic heterocycles. The molecule has 1 aromatic carbocycles.